The van der Waals surface area contributed by atoms with Gasteiger partial charge in [0.05, 0.1) is 6.54 Å². The summed E-state index contributed by atoms with van der Waals surface area (Å²) in [5.74, 6) is 0.0175. The fourth-order valence-electron chi connectivity index (χ4n) is 2.26. The maximum Gasteiger partial charge on any atom is 0.259 e. The SMILES string of the molecule is Cc1ccnc(N2CCC(F)(C(=O)NC3CC3)C2)n1. The van der Waals surface area contributed by atoms with Crippen LogP contribution in [0.5, 0.6) is 0 Å². The van der Waals surface area contributed by atoms with Crippen molar-refractivity contribution in [3.8, 4) is 0 Å². The van der Waals surface area contributed by atoms with Crippen LogP contribution in [0.25, 0.3) is 0 Å². The minimum Gasteiger partial charge on any atom is -0.351 e. The summed E-state index contributed by atoms with van der Waals surface area (Å²) < 4.78 is 14.6. The van der Waals surface area contributed by atoms with Gasteiger partial charge in [0.1, 0.15) is 0 Å². The Hall–Kier alpha value is -1.72. The predicted molar refractivity (Wildman–Crippen MR) is 68.6 cm³/mol. The van der Waals surface area contributed by atoms with Gasteiger partial charge in [0.25, 0.3) is 5.91 Å². The van der Waals surface area contributed by atoms with E-state index < -0.39 is 11.6 Å². The molecule has 2 aliphatic rings. The van der Waals surface area contributed by atoms with Crippen LogP contribution in [-0.2, 0) is 4.79 Å². The van der Waals surface area contributed by atoms with Crippen LogP contribution in [0.3, 0.4) is 0 Å². The number of rotatable bonds is 3. The molecular formula is C13H17FN4O. The number of amides is 1. The van der Waals surface area contributed by atoms with E-state index in [-0.39, 0.29) is 19.0 Å². The molecule has 0 spiro atoms. The van der Waals surface area contributed by atoms with E-state index in [1.807, 2.05) is 6.92 Å². The van der Waals surface area contributed by atoms with Gasteiger partial charge in [-0.2, -0.15) is 0 Å². The van der Waals surface area contributed by atoms with Crippen LogP contribution in [0.2, 0.25) is 0 Å². The maximum atomic E-state index is 14.6. The smallest absolute Gasteiger partial charge is 0.259 e. The van der Waals surface area contributed by atoms with E-state index in [4.69, 9.17) is 0 Å². The van der Waals surface area contributed by atoms with Crippen LogP contribution in [0.4, 0.5) is 10.3 Å². The fourth-order valence-corrected chi connectivity index (χ4v) is 2.26. The third kappa shape index (κ3) is 2.52. The van der Waals surface area contributed by atoms with Gasteiger partial charge in [-0.05, 0) is 25.8 Å². The second kappa shape index (κ2) is 4.43. The Morgan fingerprint density at radius 1 is 1.58 bits per heavy atom. The van der Waals surface area contributed by atoms with Crippen LogP contribution >= 0.6 is 0 Å². The fraction of sp³-hybridized carbons (Fsp3) is 0.615. The topological polar surface area (TPSA) is 58.1 Å². The highest BCUT2D eigenvalue weighted by atomic mass is 19.1. The molecule has 6 heteroatoms. The number of halogens is 1. The molecule has 1 aliphatic heterocycles. The molecule has 1 amide bonds. The molecule has 1 aromatic heterocycles. The lowest BCUT2D eigenvalue weighted by atomic mass is 10.1. The van der Waals surface area contributed by atoms with E-state index in [1.165, 1.54) is 0 Å². The van der Waals surface area contributed by atoms with Crippen LogP contribution < -0.4 is 10.2 Å². The highest BCUT2D eigenvalue weighted by molar-refractivity contribution is 5.87. The van der Waals surface area contributed by atoms with E-state index >= 15 is 0 Å². The van der Waals surface area contributed by atoms with Crippen molar-refractivity contribution in [3.63, 3.8) is 0 Å². The number of aryl methyl sites for hydroxylation is 1. The first-order valence-electron chi connectivity index (χ1n) is 6.61. The van der Waals surface area contributed by atoms with E-state index in [0.29, 0.717) is 12.5 Å². The average Bonchev–Trinajstić information content (AvgIpc) is 3.10. The molecule has 19 heavy (non-hydrogen) atoms. The monoisotopic (exact) mass is 264 g/mol. The highest BCUT2D eigenvalue weighted by Gasteiger charge is 2.47. The molecular weight excluding hydrogens is 247 g/mol. The summed E-state index contributed by atoms with van der Waals surface area (Å²) in [6.07, 6.45) is 3.78. The Balaban J connectivity index is 1.70. The molecule has 102 valence electrons. The number of nitrogens with one attached hydrogen (secondary N) is 1. The molecule has 1 saturated heterocycles. The Morgan fingerprint density at radius 3 is 3.05 bits per heavy atom. The summed E-state index contributed by atoms with van der Waals surface area (Å²) in [7, 11) is 0. The minimum atomic E-state index is -1.81. The largest absolute Gasteiger partial charge is 0.351 e. The Labute approximate surface area is 111 Å². The molecule has 1 aromatic rings. The summed E-state index contributed by atoms with van der Waals surface area (Å²) in [5, 5.41) is 2.74. The first-order valence-corrected chi connectivity index (χ1v) is 6.61. The molecule has 5 nitrogen and oxygen atoms in total. The quantitative estimate of drug-likeness (QED) is 0.884. The van der Waals surface area contributed by atoms with Crippen molar-refractivity contribution in [2.45, 2.75) is 37.9 Å². The number of nitrogens with zero attached hydrogens (tertiary/aromatic N) is 3. The number of aromatic nitrogens is 2. The number of hydrogen-bond donors (Lipinski definition) is 1. The Morgan fingerprint density at radius 2 is 2.37 bits per heavy atom. The lowest BCUT2D eigenvalue weighted by Gasteiger charge is -2.20. The molecule has 1 unspecified atom stereocenters. The molecule has 1 atom stereocenters. The summed E-state index contributed by atoms with van der Waals surface area (Å²) in [5.41, 5.74) is -0.973. The zero-order valence-corrected chi connectivity index (χ0v) is 10.9. The lowest BCUT2D eigenvalue weighted by Crippen LogP contribution is -2.46. The summed E-state index contributed by atoms with van der Waals surface area (Å²) in [6.45, 7) is 2.37. The van der Waals surface area contributed by atoms with E-state index in [2.05, 4.69) is 15.3 Å². The number of alkyl halides is 1. The van der Waals surface area contributed by atoms with Crippen molar-refractivity contribution in [2.75, 3.05) is 18.0 Å². The van der Waals surface area contributed by atoms with E-state index in [1.54, 1.807) is 17.2 Å². The van der Waals surface area contributed by atoms with Crippen molar-refractivity contribution < 1.29 is 9.18 Å². The van der Waals surface area contributed by atoms with Gasteiger partial charge >= 0.3 is 0 Å². The molecule has 2 fully saturated rings. The summed E-state index contributed by atoms with van der Waals surface area (Å²) in [4.78, 5) is 22.0. The molecule has 0 bridgehead atoms. The van der Waals surface area contributed by atoms with Gasteiger partial charge in [-0.25, -0.2) is 14.4 Å². The third-order valence-corrected chi connectivity index (χ3v) is 3.60. The Kier molecular flexibility index (Phi) is 2.88. The highest BCUT2D eigenvalue weighted by Crippen LogP contribution is 2.30. The van der Waals surface area contributed by atoms with Crippen LogP contribution in [0.1, 0.15) is 25.0 Å². The van der Waals surface area contributed by atoms with Gasteiger partial charge in [-0.3, -0.25) is 4.79 Å². The molecule has 0 radical (unpaired) electrons. The van der Waals surface area contributed by atoms with Gasteiger partial charge in [0.2, 0.25) is 11.6 Å². The lowest BCUT2D eigenvalue weighted by molar-refractivity contribution is -0.131. The first-order chi connectivity index (χ1) is 9.07. The van der Waals surface area contributed by atoms with Crippen molar-refractivity contribution in [1.29, 1.82) is 0 Å². The maximum absolute atomic E-state index is 14.6. The van der Waals surface area contributed by atoms with Crippen molar-refractivity contribution in [2.24, 2.45) is 0 Å². The molecule has 0 aromatic carbocycles. The van der Waals surface area contributed by atoms with E-state index in [9.17, 15) is 9.18 Å². The van der Waals surface area contributed by atoms with Crippen LogP contribution in [-0.4, -0.2) is 40.7 Å². The van der Waals surface area contributed by atoms with Gasteiger partial charge in [0.15, 0.2) is 0 Å². The van der Waals surface area contributed by atoms with Crippen molar-refractivity contribution >= 4 is 11.9 Å². The van der Waals surface area contributed by atoms with Crippen LogP contribution in [0.15, 0.2) is 12.3 Å². The number of carbonyl (C=O) groups is 1. The second-order valence-electron chi connectivity index (χ2n) is 5.38. The third-order valence-electron chi connectivity index (χ3n) is 3.60. The summed E-state index contributed by atoms with van der Waals surface area (Å²) in [6, 6.07) is 1.98. The molecule has 1 saturated carbocycles. The van der Waals surface area contributed by atoms with Gasteiger partial charge in [0, 0.05) is 30.9 Å². The van der Waals surface area contributed by atoms with Crippen LogP contribution in [0, 0.1) is 6.92 Å². The predicted octanol–water partition coefficient (Wildman–Crippen LogP) is 0.982. The van der Waals surface area contributed by atoms with Crippen molar-refractivity contribution in [1.82, 2.24) is 15.3 Å². The minimum absolute atomic E-state index is 0.0367. The Bertz CT molecular complexity index is 505. The second-order valence-corrected chi connectivity index (χ2v) is 5.38. The molecule has 3 rings (SSSR count). The van der Waals surface area contributed by atoms with Gasteiger partial charge in [-0.1, -0.05) is 0 Å². The van der Waals surface area contributed by atoms with Gasteiger partial charge in [-0.15, -0.1) is 0 Å². The standard InChI is InChI=1S/C13H17FN4O/c1-9-4-6-15-12(16-9)18-7-5-13(14,8-18)11(19)17-10-2-3-10/h4,6,10H,2-3,5,7-8H2,1H3,(H,17,19). The molecule has 1 N–H and O–H groups in total. The first kappa shape index (κ1) is 12.3. The number of hydrogen-bond acceptors (Lipinski definition) is 4. The number of carbonyl (C=O) groups excluding carboxylic acids is 1. The summed E-state index contributed by atoms with van der Waals surface area (Å²) >= 11 is 0. The normalized spacial score (nSPS) is 26.5. The zero-order chi connectivity index (χ0) is 13.5. The zero-order valence-electron chi connectivity index (χ0n) is 10.9. The van der Waals surface area contributed by atoms with Gasteiger partial charge < -0.3 is 10.2 Å². The number of anilines is 1. The average molecular weight is 264 g/mol. The molecule has 1 aliphatic carbocycles. The molecule has 2 heterocycles. The van der Waals surface area contributed by atoms with Crippen molar-refractivity contribution in [3.05, 3.63) is 18.0 Å². The van der Waals surface area contributed by atoms with E-state index in [0.717, 1.165) is 18.5 Å².